The zero-order chi connectivity index (χ0) is 31.6. The number of carbonyl (C=O) groups excluding carboxylic acids is 1. The maximum Gasteiger partial charge on any atom is 0.413 e. The first-order chi connectivity index (χ1) is 20.6. The number of fused-ring (bicyclic) bond motifs is 2. The Morgan fingerprint density at radius 2 is 1.89 bits per heavy atom. The Morgan fingerprint density at radius 3 is 2.50 bits per heavy atom. The van der Waals surface area contributed by atoms with Crippen molar-refractivity contribution in [1.82, 2.24) is 10.2 Å². The van der Waals surface area contributed by atoms with Gasteiger partial charge < -0.3 is 29.7 Å². The fourth-order valence-electron chi connectivity index (χ4n) is 10.4. The van der Waals surface area contributed by atoms with Gasteiger partial charge in [-0.05, 0) is 87.3 Å². The Balaban J connectivity index is 1.36. The molecule has 5 aliphatic carbocycles. The number of carboxylic acids is 1. The summed E-state index contributed by atoms with van der Waals surface area (Å²) < 4.78 is 19.7. The summed E-state index contributed by atoms with van der Waals surface area (Å²) in [5.74, 6) is 0.130. The van der Waals surface area contributed by atoms with Crippen molar-refractivity contribution in [2.75, 3.05) is 20.2 Å². The maximum atomic E-state index is 13.1. The topological polar surface area (TPSA) is 118 Å². The number of likely N-dealkylation sites (tertiary alicyclic amines) is 1. The van der Waals surface area contributed by atoms with E-state index in [4.69, 9.17) is 14.2 Å². The van der Waals surface area contributed by atoms with Crippen LogP contribution in [0.15, 0.2) is 12.1 Å². The number of aliphatic carboxylic acids is 1. The average molecular weight is 611 g/mol. The van der Waals surface area contributed by atoms with Crippen LogP contribution in [0.4, 0.5) is 4.79 Å². The molecular weight excluding hydrogens is 560 g/mol. The highest BCUT2D eigenvalue weighted by molar-refractivity contribution is 5.81. The standard InChI is InChI=1S/C35H50N2O7/c1-19(2)26(28(38)39)36-30(40)43-22-11-10-21-16-24-33-12-13-35(42-7,23(17-33)32(6,41)31(3,4)5)29-34(33,25(21)27(22)44-29)14-15-37(24)18-20-8-9-20/h10-11,19-20,23-24,26,29,41H,8-9,12-18H2,1-7H3,(H,36,40)(H,38,39)/t23-,24-,26?,29-,32-,33-,34+,35+/m1/s1. The van der Waals surface area contributed by atoms with E-state index in [1.165, 1.54) is 18.4 Å². The van der Waals surface area contributed by atoms with Gasteiger partial charge in [-0.15, -0.1) is 0 Å². The average Bonchev–Trinajstić information content (AvgIpc) is 3.69. The van der Waals surface area contributed by atoms with Crippen molar-refractivity contribution < 1.29 is 34.0 Å². The largest absolute Gasteiger partial charge is 0.482 e. The molecule has 0 radical (unpaired) electrons. The molecule has 2 heterocycles. The number of piperidine rings is 1. The number of amides is 1. The van der Waals surface area contributed by atoms with Gasteiger partial charge in [-0.3, -0.25) is 4.90 Å². The van der Waals surface area contributed by atoms with Crippen molar-refractivity contribution >= 4 is 12.1 Å². The van der Waals surface area contributed by atoms with E-state index in [0.717, 1.165) is 56.7 Å². The first kappa shape index (κ1) is 30.3. The van der Waals surface area contributed by atoms with Gasteiger partial charge in [0.25, 0.3) is 0 Å². The van der Waals surface area contributed by atoms with E-state index in [0.29, 0.717) is 17.5 Å². The highest BCUT2D eigenvalue weighted by atomic mass is 16.6. The number of hydrogen-bond acceptors (Lipinski definition) is 7. The van der Waals surface area contributed by atoms with Gasteiger partial charge in [-0.2, -0.15) is 0 Å². The number of ether oxygens (including phenoxy) is 3. The molecule has 1 aromatic carbocycles. The van der Waals surface area contributed by atoms with Gasteiger partial charge in [-0.1, -0.05) is 40.7 Å². The summed E-state index contributed by atoms with van der Waals surface area (Å²) in [6.45, 7) is 13.9. The van der Waals surface area contributed by atoms with E-state index < -0.39 is 29.3 Å². The van der Waals surface area contributed by atoms with Crippen LogP contribution in [0.5, 0.6) is 11.5 Å². The molecule has 8 atom stereocenters. The number of rotatable bonds is 8. The van der Waals surface area contributed by atoms with Crippen LogP contribution in [0.1, 0.15) is 91.2 Å². The number of nitrogens with one attached hydrogen (secondary N) is 1. The van der Waals surface area contributed by atoms with Gasteiger partial charge in [0.15, 0.2) is 11.5 Å². The third-order valence-electron chi connectivity index (χ3n) is 13.3. The summed E-state index contributed by atoms with van der Waals surface area (Å²) in [6.07, 6.45) is 5.97. The van der Waals surface area contributed by atoms with Gasteiger partial charge in [0.05, 0.1) is 5.60 Å². The molecule has 44 heavy (non-hydrogen) atoms. The van der Waals surface area contributed by atoms with Crippen molar-refractivity contribution in [2.45, 2.75) is 121 Å². The van der Waals surface area contributed by atoms with Crippen LogP contribution in [-0.2, 0) is 21.4 Å². The predicted molar refractivity (Wildman–Crippen MR) is 164 cm³/mol. The lowest BCUT2D eigenvalue weighted by Gasteiger charge is -2.75. The second-order valence-electron chi connectivity index (χ2n) is 16.4. The van der Waals surface area contributed by atoms with Crippen molar-refractivity contribution in [3.05, 3.63) is 23.3 Å². The van der Waals surface area contributed by atoms with Gasteiger partial charge in [0.1, 0.15) is 17.7 Å². The van der Waals surface area contributed by atoms with E-state index in [-0.39, 0.29) is 34.2 Å². The molecule has 5 fully saturated rings. The zero-order valence-electron chi connectivity index (χ0n) is 27.4. The first-order valence-electron chi connectivity index (χ1n) is 16.7. The Labute approximate surface area is 261 Å². The van der Waals surface area contributed by atoms with Crippen molar-refractivity contribution in [1.29, 1.82) is 0 Å². The SMILES string of the molecule is CO[C@@]12CC[C@@]3(C[C@@H]1[C@@](C)(O)C(C)(C)C)[C@H]1Cc4ccc(OC(=O)NC(C(=O)O)C(C)C)c5c4[C@@]3(CCN1CC1CC1)[C@H]2O5. The molecule has 9 nitrogen and oxygen atoms in total. The zero-order valence-corrected chi connectivity index (χ0v) is 27.4. The number of carbonyl (C=O) groups is 2. The lowest BCUT2D eigenvalue weighted by molar-refractivity contribution is -0.312. The second kappa shape index (κ2) is 9.58. The molecule has 1 unspecified atom stereocenters. The van der Waals surface area contributed by atoms with Crippen LogP contribution in [0.25, 0.3) is 0 Å². The van der Waals surface area contributed by atoms with Gasteiger partial charge in [0.2, 0.25) is 0 Å². The molecule has 0 aromatic heterocycles. The van der Waals surface area contributed by atoms with E-state index in [2.05, 4.69) is 37.1 Å². The molecular formula is C35H50N2O7. The van der Waals surface area contributed by atoms with Crippen LogP contribution < -0.4 is 14.8 Å². The number of hydrogen-bond donors (Lipinski definition) is 3. The fraction of sp³-hybridized carbons (Fsp3) is 0.771. The Kier molecular flexibility index (Phi) is 6.60. The van der Waals surface area contributed by atoms with Gasteiger partial charge in [0, 0.05) is 42.0 Å². The van der Waals surface area contributed by atoms with Gasteiger partial charge >= 0.3 is 12.1 Å². The van der Waals surface area contributed by atoms with Crippen LogP contribution in [0.2, 0.25) is 0 Å². The predicted octanol–water partition coefficient (Wildman–Crippen LogP) is 4.91. The number of carboxylic acid groups (broad SMARTS) is 1. The summed E-state index contributed by atoms with van der Waals surface area (Å²) in [6, 6.07) is 3.18. The maximum absolute atomic E-state index is 13.1. The van der Waals surface area contributed by atoms with Crippen LogP contribution in [-0.4, -0.2) is 76.8 Å². The molecule has 7 aliphatic rings. The number of methoxy groups -OCH3 is 1. The van der Waals surface area contributed by atoms with Crippen LogP contribution in [0.3, 0.4) is 0 Å². The van der Waals surface area contributed by atoms with E-state index in [9.17, 15) is 19.8 Å². The Morgan fingerprint density at radius 1 is 1.16 bits per heavy atom. The number of aliphatic hydroxyl groups is 1. The monoisotopic (exact) mass is 610 g/mol. The fourth-order valence-corrected chi connectivity index (χ4v) is 10.4. The van der Waals surface area contributed by atoms with E-state index >= 15 is 0 Å². The number of benzene rings is 1. The minimum Gasteiger partial charge on any atom is -0.482 e. The smallest absolute Gasteiger partial charge is 0.413 e. The van der Waals surface area contributed by atoms with Crippen molar-refractivity contribution in [2.24, 2.45) is 28.6 Å². The molecule has 1 saturated heterocycles. The van der Waals surface area contributed by atoms with E-state index in [1.807, 2.05) is 13.0 Å². The first-order valence-corrected chi connectivity index (χ1v) is 16.7. The highest BCUT2D eigenvalue weighted by Crippen LogP contribution is 2.78. The lowest BCUT2D eigenvalue weighted by atomic mass is 9.33. The molecule has 2 spiro atoms. The molecule has 1 amide bonds. The summed E-state index contributed by atoms with van der Waals surface area (Å²) in [7, 11) is 1.78. The van der Waals surface area contributed by atoms with Gasteiger partial charge in [-0.25, -0.2) is 9.59 Å². The molecule has 1 aromatic rings. The molecule has 9 heteroatoms. The lowest BCUT2D eigenvalue weighted by Crippen LogP contribution is -2.83. The Bertz CT molecular complexity index is 1380. The van der Waals surface area contributed by atoms with E-state index in [1.54, 1.807) is 21.0 Å². The minimum absolute atomic E-state index is 0.115. The minimum atomic E-state index is -1.10. The molecule has 2 aliphatic heterocycles. The van der Waals surface area contributed by atoms with Crippen molar-refractivity contribution in [3.63, 3.8) is 0 Å². The van der Waals surface area contributed by atoms with Crippen LogP contribution in [0, 0.1) is 28.6 Å². The number of nitrogens with zero attached hydrogens (tertiary/aromatic N) is 1. The normalized spacial score (nSPS) is 37.2. The van der Waals surface area contributed by atoms with Crippen LogP contribution >= 0.6 is 0 Å². The molecule has 4 saturated carbocycles. The summed E-state index contributed by atoms with van der Waals surface area (Å²) in [5.41, 5.74) is -0.164. The quantitative estimate of drug-likeness (QED) is 0.380. The molecule has 242 valence electrons. The summed E-state index contributed by atoms with van der Waals surface area (Å²) in [5, 5.41) is 24.6. The third kappa shape index (κ3) is 3.81. The summed E-state index contributed by atoms with van der Waals surface area (Å²) in [4.78, 5) is 27.7. The molecule has 8 rings (SSSR count). The third-order valence-corrected chi connectivity index (χ3v) is 13.3. The Hall–Kier alpha value is -2.36. The second-order valence-corrected chi connectivity index (χ2v) is 16.4. The highest BCUT2D eigenvalue weighted by Gasteiger charge is 2.82. The molecule has 3 N–H and O–H groups in total. The molecule has 4 bridgehead atoms. The van der Waals surface area contributed by atoms with Crippen molar-refractivity contribution in [3.8, 4) is 11.5 Å². The summed E-state index contributed by atoms with van der Waals surface area (Å²) >= 11 is 0.